The molecule has 0 N–H and O–H groups in total. The predicted octanol–water partition coefficient (Wildman–Crippen LogP) is 6.01. The van der Waals surface area contributed by atoms with E-state index in [0.29, 0.717) is 41.7 Å². The highest BCUT2D eigenvalue weighted by Crippen LogP contribution is 2.36. The fourth-order valence-corrected chi connectivity index (χ4v) is 5.33. The van der Waals surface area contributed by atoms with Crippen LogP contribution in [0.25, 0.3) is 0 Å². The third kappa shape index (κ3) is 6.05. The van der Waals surface area contributed by atoms with Crippen LogP contribution in [0, 0.1) is 12.3 Å². The molecule has 4 rings (SSSR count). The van der Waals surface area contributed by atoms with E-state index in [0.717, 1.165) is 50.1 Å². The van der Waals surface area contributed by atoms with Crippen molar-refractivity contribution in [2.24, 2.45) is 5.41 Å². The second kappa shape index (κ2) is 11.0. The van der Waals surface area contributed by atoms with Crippen molar-refractivity contribution in [3.63, 3.8) is 0 Å². The molecule has 2 fully saturated rings. The zero-order chi connectivity index (χ0) is 24.1. The summed E-state index contributed by atoms with van der Waals surface area (Å²) in [5.41, 5.74) is 1.06. The van der Waals surface area contributed by atoms with Crippen LogP contribution in [0.2, 0.25) is 10.0 Å². The number of ether oxygens (including phenoxy) is 1. The largest absolute Gasteiger partial charge is 0.493 e. The minimum Gasteiger partial charge on any atom is -0.493 e. The van der Waals surface area contributed by atoms with Crippen molar-refractivity contribution >= 4 is 35.0 Å². The number of aryl methyl sites for hydroxylation is 1. The lowest BCUT2D eigenvalue weighted by Crippen LogP contribution is -2.51. The zero-order valence-electron chi connectivity index (χ0n) is 19.7. The van der Waals surface area contributed by atoms with Crippen molar-refractivity contribution in [3.05, 3.63) is 63.6 Å². The Balaban J connectivity index is 1.54. The summed E-state index contributed by atoms with van der Waals surface area (Å²) in [5.74, 6) is 0.831. The van der Waals surface area contributed by atoms with Crippen LogP contribution in [0.1, 0.15) is 54.4 Å². The molecule has 2 aliphatic rings. The van der Waals surface area contributed by atoms with E-state index < -0.39 is 5.41 Å². The molecule has 0 radical (unpaired) electrons. The Bertz CT molecular complexity index is 1040. The lowest BCUT2D eigenvalue weighted by Gasteiger charge is -2.43. The molecular formula is C27H32Cl2N2O3. The Labute approximate surface area is 212 Å². The summed E-state index contributed by atoms with van der Waals surface area (Å²) in [6.07, 6.45) is 5.31. The van der Waals surface area contributed by atoms with E-state index in [4.69, 9.17) is 27.9 Å². The summed E-state index contributed by atoms with van der Waals surface area (Å²) in [6, 6.07) is 12.6. The van der Waals surface area contributed by atoms with Gasteiger partial charge in [-0.15, -0.1) is 0 Å². The molecule has 1 atom stereocenters. The number of amides is 2. The zero-order valence-corrected chi connectivity index (χ0v) is 21.2. The number of likely N-dealkylation sites (tertiary alicyclic amines) is 2. The highest BCUT2D eigenvalue weighted by molar-refractivity contribution is 6.31. The van der Waals surface area contributed by atoms with Crippen LogP contribution in [0.5, 0.6) is 5.75 Å². The predicted molar refractivity (Wildman–Crippen MR) is 136 cm³/mol. The minimum atomic E-state index is -0.450. The molecule has 0 spiro atoms. The number of carbonyl (C=O) groups excluding carboxylic acids is 2. The summed E-state index contributed by atoms with van der Waals surface area (Å²) in [5, 5.41) is 1.23. The molecule has 34 heavy (non-hydrogen) atoms. The first-order valence-corrected chi connectivity index (χ1v) is 12.8. The number of hydrogen-bond donors (Lipinski definition) is 0. The first-order chi connectivity index (χ1) is 16.3. The van der Waals surface area contributed by atoms with Crippen molar-refractivity contribution in [1.29, 1.82) is 0 Å². The van der Waals surface area contributed by atoms with E-state index in [1.54, 1.807) is 24.3 Å². The first kappa shape index (κ1) is 24.9. The van der Waals surface area contributed by atoms with Gasteiger partial charge in [0.15, 0.2) is 0 Å². The second-order valence-electron chi connectivity index (χ2n) is 9.66. The van der Waals surface area contributed by atoms with E-state index in [9.17, 15) is 9.59 Å². The second-order valence-corrected chi connectivity index (χ2v) is 10.5. The van der Waals surface area contributed by atoms with Gasteiger partial charge in [0.1, 0.15) is 5.75 Å². The van der Waals surface area contributed by atoms with Gasteiger partial charge in [0, 0.05) is 53.6 Å². The van der Waals surface area contributed by atoms with E-state index >= 15 is 0 Å². The molecule has 7 heteroatoms. The number of hydrogen-bond acceptors (Lipinski definition) is 3. The van der Waals surface area contributed by atoms with Crippen LogP contribution >= 0.6 is 23.2 Å². The average Bonchev–Trinajstić information content (AvgIpc) is 2.85. The molecule has 2 aliphatic heterocycles. The summed E-state index contributed by atoms with van der Waals surface area (Å²) < 4.78 is 6.24. The Hall–Kier alpha value is -2.24. The molecule has 0 unspecified atom stereocenters. The van der Waals surface area contributed by atoms with Crippen LogP contribution in [0.3, 0.4) is 0 Å². The van der Waals surface area contributed by atoms with Gasteiger partial charge in [0.25, 0.3) is 5.91 Å². The number of nitrogens with zero attached hydrogens (tertiary/aromatic N) is 2. The Kier molecular flexibility index (Phi) is 8.05. The van der Waals surface area contributed by atoms with Gasteiger partial charge in [-0.3, -0.25) is 9.59 Å². The molecule has 0 aliphatic carbocycles. The Morgan fingerprint density at radius 1 is 0.971 bits per heavy atom. The van der Waals surface area contributed by atoms with Crippen LogP contribution in [-0.2, 0) is 4.79 Å². The topological polar surface area (TPSA) is 49.9 Å². The van der Waals surface area contributed by atoms with Gasteiger partial charge in [-0.25, -0.2) is 0 Å². The van der Waals surface area contributed by atoms with Gasteiger partial charge in [-0.05, 0) is 81.0 Å². The van der Waals surface area contributed by atoms with Gasteiger partial charge in [-0.1, -0.05) is 29.3 Å². The quantitative estimate of drug-likeness (QED) is 0.486. The maximum Gasteiger partial charge on any atom is 0.253 e. The lowest BCUT2D eigenvalue weighted by molar-refractivity contribution is -0.136. The third-order valence-electron chi connectivity index (χ3n) is 6.93. The van der Waals surface area contributed by atoms with E-state index in [1.165, 1.54) is 6.42 Å². The van der Waals surface area contributed by atoms with Crippen molar-refractivity contribution in [1.82, 2.24) is 9.80 Å². The van der Waals surface area contributed by atoms with Gasteiger partial charge < -0.3 is 14.5 Å². The summed E-state index contributed by atoms with van der Waals surface area (Å²) >= 11 is 12.3. The normalized spacial score (nSPS) is 20.8. The number of benzene rings is 2. The number of piperidine rings is 2. The van der Waals surface area contributed by atoms with Crippen molar-refractivity contribution in [3.8, 4) is 5.75 Å². The van der Waals surface area contributed by atoms with Gasteiger partial charge in [-0.2, -0.15) is 0 Å². The maximum atomic E-state index is 13.3. The van der Waals surface area contributed by atoms with Gasteiger partial charge >= 0.3 is 0 Å². The van der Waals surface area contributed by atoms with E-state index in [2.05, 4.69) is 0 Å². The molecule has 0 bridgehead atoms. The fraction of sp³-hybridized carbons (Fsp3) is 0.481. The number of carbonyl (C=O) groups is 2. The van der Waals surface area contributed by atoms with Crippen LogP contribution in [0.15, 0.2) is 42.5 Å². The molecule has 182 valence electrons. The summed E-state index contributed by atoms with van der Waals surface area (Å²) in [6.45, 7) is 5.08. The average molecular weight is 503 g/mol. The van der Waals surface area contributed by atoms with Crippen molar-refractivity contribution < 1.29 is 14.3 Å². The van der Waals surface area contributed by atoms with E-state index in [1.807, 2.05) is 34.9 Å². The molecule has 5 nitrogen and oxygen atoms in total. The minimum absolute atomic E-state index is 0.0562. The first-order valence-electron chi connectivity index (χ1n) is 12.1. The highest BCUT2D eigenvalue weighted by atomic mass is 35.5. The molecule has 0 saturated carbocycles. The molecule has 2 aromatic carbocycles. The molecule has 2 amide bonds. The third-order valence-corrected chi connectivity index (χ3v) is 7.59. The highest BCUT2D eigenvalue weighted by Gasteiger charge is 2.41. The Morgan fingerprint density at radius 2 is 1.74 bits per heavy atom. The van der Waals surface area contributed by atoms with Crippen LogP contribution < -0.4 is 4.74 Å². The lowest BCUT2D eigenvalue weighted by atomic mass is 9.77. The van der Waals surface area contributed by atoms with Crippen LogP contribution in [-0.4, -0.2) is 54.4 Å². The summed E-state index contributed by atoms with van der Waals surface area (Å²) in [7, 11) is 0. The molecule has 0 aromatic heterocycles. The smallest absolute Gasteiger partial charge is 0.253 e. The van der Waals surface area contributed by atoms with Gasteiger partial charge in [0.05, 0.1) is 6.61 Å². The molecule has 2 aromatic rings. The fourth-order valence-electron chi connectivity index (χ4n) is 5.02. The van der Waals surface area contributed by atoms with Gasteiger partial charge in [0.2, 0.25) is 5.91 Å². The number of halogens is 2. The molecule has 2 saturated heterocycles. The summed E-state index contributed by atoms with van der Waals surface area (Å²) in [4.78, 5) is 30.4. The monoisotopic (exact) mass is 502 g/mol. The molecular weight excluding hydrogens is 471 g/mol. The van der Waals surface area contributed by atoms with Crippen molar-refractivity contribution in [2.45, 2.75) is 45.4 Å². The maximum absolute atomic E-state index is 13.3. The van der Waals surface area contributed by atoms with Crippen molar-refractivity contribution in [2.75, 3.05) is 32.8 Å². The standard InChI is InChI=1S/C27H32Cl2N2O3/c1-20-15-23(9-10-24(20)29)34-19-27(17-25(32)30-12-3-2-4-13-30)11-6-14-31(18-27)26(33)21-7-5-8-22(28)16-21/h5,7-10,15-16H,2-4,6,11-14,17-19H2,1H3/t27-/m1/s1. The van der Waals surface area contributed by atoms with E-state index in [-0.39, 0.29) is 11.8 Å². The van der Waals surface area contributed by atoms with Crippen LogP contribution in [0.4, 0.5) is 0 Å². The SMILES string of the molecule is Cc1cc(OC[C@@]2(CC(=O)N3CCCCC3)CCCN(C(=O)c3cccc(Cl)c3)C2)ccc1Cl. The molecule has 2 heterocycles. The Morgan fingerprint density at radius 3 is 2.47 bits per heavy atom. The number of rotatable bonds is 6.